The van der Waals surface area contributed by atoms with Crippen LogP contribution in [0.15, 0.2) is 0 Å². The van der Waals surface area contributed by atoms with Crippen molar-refractivity contribution in [3.05, 3.63) is 0 Å². The summed E-state index contributed by atoms with van der Waals surface area (Å²) >= 11 is 0. The molecular formula is C16H28N4O7S. The molecule has 2 aliphatic heterocycles. The Bertz CT molecular complexity index is 734. The molecule has 3 unspecified atom stereocenters. The van der Waals surface area contributed by atoms with Gasteiger partial charge in [0, 0.05) is 12.6 Å². The maximum Gasteiger partial charge on any atom is 0.410 e. The van der Waals surface area contributed by atoms with E-state index in [1.54, 1.807) is 20.8 Å². The number of hydrogen-bond acceptors (Lipinski definition) is 8. The molecule has 0 aromatic heterocycles. The molecule has 2 rings (SSSR count). The van der Waals surface area contributed by atoms with E-state index in [1.165, 1.54) is 9.80 Å². The van der Waals surface area contributed by atoms with Crippen molar-refractivity contribution in [1.29, 1.82) is 5.41 Å². The third-order valence-corrected chi connectivity index (χ3v) is 4.94. The second kappa shape index (κ2) is 8.11. The Hall–Kier alpha value is -2.08. The normalized spacial score (nSPS) is 26.1. The summed E-state index contributed by atoms with van der Waals surface area (Å²) in [7, 11) is -3.64. The standard InChI is InChI=1S/C16H28N4O7S/c1-16(2,3)27-15(22)19-6-5-10(7-12(19)13(17)18)20-8-11(26-14(20)21)9-25-28(4,23)24/h10-12H,5-9H2,1-4H3,(H3,17,18). The number of hydrogen-bond donors (Lipinski definition) is 2. The lowest BCUT2D eigenvalue weighted by atomic mass is 9.95. The average molecular weight is 420 g/mol. The predicted octanol–water partition coefficient (Wildman–Crippen LogP) is 0.487. The number of ether oxygens (including phenoxy) is 2. The van der Waals surface area contributed by atoms with Gasteiger partial charge in [-0.15, -0.1) is 0 Å². The quantitative estimate of drug-likeness (QED) is 0.370. The van der Waals surface area contributed by atoms with E-state index in [0.29, 0.717) is 6.42 Å². The van der Waals surface area contributed by atoms with E-state index < -0.39 is 40.1 Å². The first kappa shape index (κ1) is 22.2. The van der Waals surface area contributed by atoms with Crippen LogP contribution in [-0.4, -0.2) is 86.0 Å². The molecule has 0 spiro atoms. The minimum Gasteiger partial charge on any atom is -0.444 e. The number of nitrogens with two attached hydrogens (primary N) is 1. The van der Waals surface area contributed by atoms with Gasteiger partial charge in [0.25, 0.3) is 10.1 Å². The summed E-state index contributed by atoms with van der Waals surface area (Å²) in [6, 6.07) is -1.00. The minimum absolute atomic E-state index is 0.163. The largest absolute Gasteiger partial charge is 0.444 e. The zero-order valence-corrected chi connectivity index (χ0v) is 17.3. The van der Waals surface area contributed by atoms with E-state index in [1.807, 2.05) is 0 Å². The molecule has 2 saturated heterocycles. The Morgan fingerprint density at radius 2 is 2.04 bits per heavy atom. The fourth-order valence-electron chi connectivity index (χ4n) is 3.19. The van der Waals surface area contributed by atoms with Crippen LogP contribution in [0.25, 0.3) is 0 Å². The Morgan fingerprint density at radius 3 is 2.57 bits per heavy atom. The summed E-state index contributed by atoms with van der Waals surface area (Å²) < 4.78 is 37.5. The molecule has 3 atom stereocenters. The van der Waals surface area contributed by atoms with Crippen molar-refractivity contribution in [2.24, 2.45) is 5.73 Å². The van der Waals surface area contributed by atoms with Crippen LogP contribution in [0.4, 0.5) is 9.59 Å². The van der Waals surface area contributed by atoms with Crippen molar-refractivity contribution in [3.63, 3.8) is 0 Å². The highest BCUT2D eigenvalue weighted by Crippen LogP contribution is 2.27. The number of carbonyl (C=O) groups excluding carboxylic acids is 2. The van der Waals surface area contributed by atoms with Crippen LogP contribution in [-0.2, 0) is 23.8 Å². The molecule has 2 aliphatic rings. The van der Waals surface area contributed by atoms with Gasteiger partial charge in [-0.3, -0.25) is 14.5 Å². The molecule has 0 radical (unpaired) electrons. The smallest absolute Gasteiger partial charge is 0.410 e. The van der Waals surface area contributed by atoms with Crippen molar-refractivity contribution in [3.8, 4) is 0 Å². The molecule has 0 aliphatic carbocycles. The first-order valence-electron chi connectivity index (χ1n) is 8.92. The zero-order valence-electron chi connectivity index (χ0n) is 16.5. The van der Waals surface area contributed by atoms with Gasteiger partial charge in [0.05, 0.1) is 18.8 Å². The molecule has 2 heterocycles. The third-order valence-electron chi connectivity index (χ3n) is 4.37. The number of piperidine rings is 1. The van der Waals surface area contributed by atoms with E-state index in [9.17, 15) is 18.0 Å². The van der Waals surface area contributed by atoms with Gasteiger partial charge in [-0.1, -0.05) is 0 Å². The molecule has 0 saturated carbocycles. The maximum absolute atomic E-state index is 12.4. The predicted molar refractivity (Wildman–Crippen MR) is 99.4 cm³/mol. The lowest BCUT2D eigenvalue weighted by Gasteiger charge is -2.41. The maximum atomic E-state index is 12.4. The molecule has 0 bridgehead atoms. The number of nitrogens with one attached hydrogen (secondary N) is 1. The zero-order chi connectivity index (χ0) is 21.3. The highest BCUT2D eigenvalue weighted by atomic mass is 32.2. The fourth-order valence-corrected chi connectivity index (χ4v) is 3.59. The molecule has 11 nitrogen and oxygen atoms in total. The van der Waals surface area contributed by atoms with Crippen LogP contribution in [0.2, 0.25) is 0 Å². The van der Waals surface area contributed by atoms with Gasteiger partial charge in [-0.2, -0.15) is 8.42 Å². The Morgan fingerprint density at radius 1 is 1.39 bits per heavy atom. The van der Waals surface area contributed by atoms with Gasteiger partial charge < -0.3 is 20.1 Å². The summed E-state index contributed by atoms with van der Waals surface area (Å²) in [6.45, 7) is 5.42. The number of amides is 2. The van der Waals surface area contributed by atoms with Crippen molar-refractivity contribution < 1.29 is 31.7 Å². The SMILES string of the molecule is CC(C)(C)OC(=O)N1CCC(N2CC(COS(C)(=O)=O)OC2=O)CC1C(=N)N. The number of amidine groups is 1. The van der Waals surface area contributed by atoms with Crippen LogP contribution in [0, 0.1) is 5.41 Å². The lowest BCUT2D eigenvalue weighted by molar-refractivity contribution is 0.0105. The Balaban J connectivity index is 2.02. The number of cyclic esters (lactones) is 1. The van der Waals surface area contributed by atoms with E-state index in [0.717, 1.165) is 6.26 Å². The number of rotatable bonds is 5. The van der Waals surface area contributed by atoms with E-state index in [2.05, 4.69) is 0 Å². The van der Waals surface area contributed by atoms with E-state index in [-0.39, 0.29) is 38.0 Å². The summed E-state index contributed by atoms with van der Waals surface area (Å²) in [5, 5.41) is 7.84. The molecule has 2 amide bonds. The summed E-state index contributed by atoms with van der Waals surface area (Å²) in [5.41, 5.74) is 5.01. The first-order chi connectivity index (χ1) is 12.8. The van der Waals surface area contributed by atoms with Gasteiger partial charge in [-0.25, -0.2) is 9.59 Å². The Kier molecular flexibility index (Phi) is 6.44. The van der Waals surface area contributed by atoms with Crippen molar-refractivity contribution in [2.45, 2.75) is 57.4 Å². The molecule has 3 N–H and O–H groups in total. The summed E-state index contributed by atoms with van der Waals surface area (Å²) in [4.78, 5) is 27.5. The highest BCUT2D eigenvalue weighted by Gasteiger charge is 2.43. The topological polar surface area (TPSA) is 152 Å². The summed E-state index contributed by atoms with van der Waals surface area (Å²) in [5.74, 6) is -0.194. The second-order valence-electron chi connectivity index (χ2n) is 7.97. The second-order valence-corrected chi connectivity index (χ2v) is 9.61. The summed E-state index contributed by atoms with van der Waals surface area (Å²) in [6.07, 6.45) is -0.205. The van der Waals surface area contributed by atoms with Crippen LogP contribution >= 0.6 is 0 Å². The number of nitrogens with zero attached hydrogens (tertiary/aromatic N) is 2. The number of carbonyl (C=O) groups is 2. The molecule has 0 aromatic carbocycles. The van der Waals surface area contributed by atoms with Crippen LogP contribution < -0.4 is 5.73 Å². The minimum atomic E-state index is -3.64. The van der Waals surface area contributed by atoms with Gasteiger partial charge in [0.15, 0.2) is 0 Å². The van der Waals surface area contributed by atoms with E-state index >= 15 is 0 Å². The van der Waals surface area contributed by atoms with Gasteiger partial charge in [0.2, 0.25) is 0 Å². The monoisotopic (exact) mass is 420 g/mol. The first-order valence-corrected chi connectivity index (χ1v) is 10.7. The van der Waals surface area contributed by atoms with Gasteiger partial charge in [0.1, 0.15) is 24.1 Å². The van der Waals surface area contributed by atoms with Gasteiger partial charge >= 0.3 is 12.2 Å². The van der Waals surface area contributed by atoms with Crippen LogP contribution in [0.5, 0.6) is 0 Å². The molecule has 160 valence electrons. The molecule has 2 fully saturated rings. The van der Waals surface area contributed by atoms with Crippen molar-refractivity contribution in [1.82, 2.24) is 9.80 Å². The molecule has 0 aromatic rings. The van der Waals surface area contributed by atoms with Crippen LogP contribution in [0.3, 0.4) is 0 Å². The van der Waals surface area contributed by atoms with Crippen molar-refractivity contribution >= 4 is 28.1 Å². The molecule has 12 heteroatoms. The number of likely N-dealkylation sites (tertiary alicyclic amines) is 1. The Labute approximate surface area is 164 Å². The fraction of sp³-hybridized carbons (Fsp3) is 0.812. The van der Waals surface area contributed by atoms with Crippen molar-refractivity contribution in [2.75, 3.05) is 26.0 Å². The average Bonchev–Trinajstić information content (AvgIpc) is 2.91. The lowest BCUT2D eigenvalue weighted by Crippen LogP contribution is -2.57. The molecular weight excluding hydrogens is 392 g/mol. The third kappa shape index (κ3) is 5.96. The van der Waals surface area contributed by atoms with Gasteiger partial charge in [-0.05, 0) is 33.6 Å². The molecule has 28 heavy (non-hydrogen) atoms. The highest BCUT2D eigenvalue weighted by molar-refractivity contribution is 7.85. The van der Waals surface area contributed by atoms with E-state index in [4.69, 9.17) is 24.8 Å². The van der Waals surface area contributed by atoms with Crippen LogP contribution in [0.1, 0.15) is 33.6 Å².